The SMILES string of the molecule is Cc1cccc(C)c1N1CCN(c2ncnc(N3CCN(C)CC3)c2[N+](=O)[O-])CC1. The van der Waals surface area contributed by atoms with Gasteiger partial charge in [-0.25, -0.2) is 9.97 Å². The molecule has 1 aromatic carbocycles. The fraction of sp³-hybridized carbons (Fsp3) is 0.524. The van der Waals surface area contributed by atoms with Crippen molar-refractivity contribution in [1.29, 1.82) is 0 Å². The monoisotopic (exact) mass is 411 g/mol. The van der Waals surface area contributed by atoms with Crippen LogP contribution in [-0.2, 0) is 0 Å². The summed E-state index contributed by atoms with van der Waals surface area (Å²) in [6, 6.07) is 6.34. The van der Waals surface area contributed by atoms with Crippen molar-refractivity contribution in [3.63, 3.8) is 0 Å². The highest BCUT2D eigenvalue weighted by atomic mass is 16.6. The molecule has 0 atom stereocenters. The molecule has 0 radical (unpaired) electrons. The summed E-state index contributed by atoms with van der Waals surface area (Å²) in [4.78, 5) is 29.0. The summed E-state index contributed by atoms with van der Waals surface area (Å²) in [5, 5.41) is 12.0. The van der Waals surface area contributed by atoms with Crippen LogP contribution >= 0.6 is 0 Å². The molecule has 160 valence electrons. The smallest absolute Gasteiger partial charge is 0.353 e. The van der Waals surface area contributed by atoms with E-state index in [2.05, 4.69) is 58.9 Å². The quantitative estimate of drug-likeness (QED) is 0.559. The third kappa shape index (κ3) is 3.89. The number of rotatable bonds is 4. The van der Waals surface area contributed by atoms with E-state index in [1.54, 1.807) is 0 Å². The molecular formula is C21H29N7O2. The zero-order valence-electron chi connectivity index (χ0n) is 17.9. The van der Waals surface area contributed by atoms with E-state index < -0.39 is 0 Å². The van der Waals surface area contributed by atoms with Crippen molar-refractivity contribution in [1.82, 2.24) is 14.9 Å². The summed E-state index contributed by atoms with van der Waals surface area (Å²) in [6.45, 7) is 10.4. The van der Waals surface area contributed by atoms with E-state index in [0.29, 0.717) is 24.7 Å². The van der Waals surface area contributed by atoms with Gasteiger partial charge in [0.1, 0.15) is 6.33 Å². The molecule has 9 heteroatoms. The molecule has 1 aromatic heterocycles. The van der Waals surface area contributed by atoms with Gasteiger partial charge >= 0.3 is 5.69 Å². The standard InChI is InChI=1S/C21H29N7O2/c1-16-5-4-6-17(2)18(16)25-11-13-27(14-12-25)21-19(28(29)30)20(22-15-23-21)26-9-7-24(3)8-10-26/h4-6,15H,7-14H2,1-3H3. The number of hydrogen-bond acceptors (Lipinski definition) is 8. The number of nitrogens with zero attached hydrogens (tertiary/aromatic N) is 7. The van der Waals surface area contributed by atoms with Crippen LogP contribution in [-0.4, -0.2) is 79.2 Å². The molecule has 0 bridgehead atoms. The van der Waals surface area contributed by atoms with E-state index in [4.69, 9.17) is 0 Å². The van der Waals surface area contributed by atoms with Gasteiger partial charge in [0, 0.05) is 58.0 Å². The first-order chi connectivity index (χ1) is 14.5. The maximum Gasteiger partial charge on any atom is 0.353 e. The van der Waals surface area contributed by atoms with E-state index in [9.17, 15) is 10.1 Å². The Balaban J connectivity index is 1.56. The van der Waals surface area contributed by atoms with Crippen LogP contribution in [0, 0.1) is 24.0 Å². The molecule has 9 nitrogen and oxygen atoms in total. The second-order valence-corrected chi connectivity index (χ2v) is 8.13. The van der Waals surface area contributed by atoms with Crippen LogP contribution in [0.3, 0.4) is 0 Å². The highest BCUT2D eigenvalue weighted by Crippen LogP contribution is 2.35. The molecule has 0 saturated carbocycles. The third-order valence-electron chi connectivity index (χ3n) is 6.10. The van der Waals surface area contributed by atoms with Crippen molar-refractivity contribution in [3.05, 3.63) is 45.8 Å². The Hall–Kier alpha value is -2.94. The molecule has 0 unspecified atom stereocenters. The van der Waals surface area contributed by atoms with Crippen molar-refractivity contribution in [2.45, 2.75) is 13.8 Å². The van der Waals surface area contributed by atoms with Gasteiger partial charge < -0.3 is 19.6 Å². The minimum Gasteiger partial charge on any atom is -0.368 e. The summed E-state index contributed by atoms with van der Waals surface area (Å²) in [5.41, 5.74) is 3.82. The van der Waals surface area contributed by atoms with Gasteiger partial charge in [0.05, 0.1) is 4.92 Å². The molecule has 2 saturated heterocycles. The van der Waals surface area contributed by atoms with Crippen LogP contribution in [0.5, 0.6) is 0 Å². The number of benzene rings is 1. The Morgan fingerprint density at radius 2 is 1.30 bits per heavy atom. The highest BCUT2D eigenvalue weighted by Gasteiger charge is 2.32. The number of hydrogen-bond donors (Lipinski definition) is 0. The molecule has 2 aliphatic heterocycles. The average molecular weight is 412 g/mol. The van der Waals surface area contributed by atoms with Crippen molar-refractivity contribution >= 4 is 23.0 Å². The van der Waals surface area contributed by atoms with Crippen molar-refractivity contribution in [2.75, 3.05) is 74.1 Å². The van der Waals surface area contributed by atoms with Gasteiger partial charge in [0.2, 0.25) is 11.6 Å². The lowest BCUT2D eigenvalue weighted by Gasteiger charge is -2.38. The molecule has 2 aromatic rings. The largest absolute Gasteiger partial charge is 0.368 e. The van der Waals surface area contributed by atoms with E-state index in [0.717, 1.165) is 39.3 Å². The van der Waals surface area contributed by atoms with Crippen LogP contribution in [0.15, 0.2) is 24.5 Å². The van der Waals surface area contributed by atoms with Gasteiger partial charge in [-0.3, -0.25) is 10.1 Å². The van der Waals surface area contributed by atoms with Gasteiger partial charge in [-0.2, -0.15) is 0 Å². The molecule has 2 aliphatic rings. The first kappa shape index (κ1) is 20.3. The van der Waals surface area contributed by atoms with Gasteiger partial charge in [-0.1, -0.05) is 18.2 Å². The number of nitro groups is 1. The van der Waals surface area contributed by atoms with Crippen molar-refractivity contribution in [3.8, 4) is 0 Å². The zero-order valence-corrected chi connectivity index (χ0v) is 17.9. The normalized spacial score (nSPS) is 18.0. The van der Waals surface area contributed by atoms with Gasteiger partial charge in [-0.15, -0.1) is 0 Å². The summed E-state index contributed by atoms with van der Waals surface area (Å²) in [7, 11) is 2.06. The molecule has 4 rings (SSSR count). The lowest BCUT2D eigenvalue weighted by Crippen LogP contribution is -2.48. The number of para-hydroxylation sites is 1. The van der Waals surface area contributed by atoms with E-state index in [-0.39, 0.29) is 10.6 Å². The Kier molecular flexibility index (Phi) is 5.72. The lowest BCUT2D eigenvalue weighted by molar-refractivity contribution is -0.383. The van der Waals surface area contributed by atoms with Crippen molar-refractivity contribution < 1.29 is 4.92 Å². The number of aromatic nitrogens is 2. The Bertz CT molecular complexity index is 899. The maximum atomic E-state index is 12.0. The Labute approximate surface area is 177 Å². The predicted molar refractivity (Wildman–Crippen MR) is 119 cm³/mol. The average Bonchev–Trinajstić information content (AvgIpc) is 2.74. The summed E-state index contributed by atoms with van der Waals surface area (Å²) in [6.07, 6.45) is 1.47. The molecule has 0 spiro atoms. The fourth-order valence-corrected chi connectivity index (χ4v) is 4.45. The second kappa shape index (κ2) is 8.43. The fourth-order valence-electron chi connectivity index (χ4n) is 4.45. The first-order valence-corrected chi connectivity index (χ1v) is 10.4. The predicted octanol–water partition coefficient (Wildman–Crippen LogP) is 2.08. The summed E-state index contributed by atoms with van der Waals surface area (Å²) >= 11 is 0. The minimum absolute atomic E-state index is 0.0302. The molecule has 30 heavy (non-hydrogen) atoms. The lowest BCUT2D eigenvalue weighted by atomic mass is 10.1. The summed E-state index contributed by atoms with van der Waals surface area (Å²) < 4.78 is 0. The molecule has 0 N–H and O–H groups in total. The summed E-state index contributed by atoms with van der Waals surface area (Å²) in [5.74, 6) is 0.875. The molecule has 2 fully saturated rings. The van der Waals surface area contributed by atoms with Gasteiger partial charge in [0.15, 0.2) is 0 Å². The van der Waals surface area contributed by atoms with Gasteiger partial charge in [-0.05, 0) is 32.0 Å². The number of piperazine rings is 2. The van der Waals surface area contributed by atoms with Crippen LogP contribution in [0.25, 0.3) is 0 Å². The minimum atomic E-state index is -0.319. The van der Waals surface area contributed by atoms with E-state index >= 15 is 0 Å². The molecule has 3 heterocycles. The Morgan fingerprint density at radius 1 is 0.833 bits per heavy atom. The van der Waals surface area contributed by atoms with Gasteiger partial charge in [0.25, 0.3) is 0 Å². The maximum absolute atomic E-state index is 12.0. The van der Waals surface area contributed by atoms with Crippen molar-refractivity contribution in [2.24, 2.45) is 0 Å². The number of anilines is 3. The van der Waals surface area contributed by atoms with Crippen LogP contribution < -0.4 is 14.7 Å². The molecule has 0 amide bonds. The first-order valence-electron chi connectivity index (χ1n) is 10.4. The highest BCUT2D eigenvalue weighted by molar-refractivity contribution is 5.72. The third-order valence-corrected chi connectivity index (χ3v) is 6.10. The van der Waals surface area contributed by atoms with E-state index in [1.165, 1.54) is 23.1 Å². The molecular weight excluding hydrogens is 382 g/mol. The second-order valence-electron chi connectivity index (χ2n) is 8.13. The molecule has 0 aliphatic carbocycles. The van der Waals surface area contributed by atoms with Crippen LogP contribution in [0.1, 0.15) is 11.1 Å². The number of likely N-dealkylation sites (N-methyl/N-ethyl adjacent to an activating group) is 1. The Morgan fingerprint density at radius 3 is 1.80 bits per heavy atom. The zero-order chi connectivity index (χ0) is 21.3. The number of aryl methyl sites for hydroxylation is 2. The van der Waals surface area contributed by atoms with Crippen LogP contribution in [0.2, 0.25) is 0 Å². The van der Waals surface area contributed by atoms with Crippen LogP contribution in [0.4, 0.5) is 23.0 Å². The topological polar surface area (TPSA) is 81.9 Å². The van der Waals surface area contributed by atoms with E-state index in [1.807, 2.05) is 9.80 Å².